The quantitative estimate of drug-likeness (QED) is 0.889. The predicted octanol–water partition coefficient (Wildman–Crippen LogP) is 1.96. The smallest absolute Gasteiger partial charge is 0.387 e. The molecule has 1 aliphatic heterocycles. The van der Waals surface area contributed by atoms with Crippen molar-refractivity contribution in [3.8, 4) is 5.75 Å². The largest absolute Gasteiger partial charge is 0.433 e. The third kappa shape index (κ3) is 4.40. The van der Waals surface area contributed by atoms with E-state index in [0.29, 0.717) is 26.2 Å². The molecule has 1 aliphatic rings. The summed E-state index contributed by atoms with van der Waals surface area (Å²) >= 11 is 5.76. The summed E-state index contributed by atoms with van der Waals surface area (Å²) in [6.07, 6.45) is 0. The fourth-order valence-corrected chi connectivity index (χ4v) is 3.63. The van der Waals surface area contributed by atoms with Crippen molar-refractivity contribution in [1.29, 1.82) is 0 Å². The Kier molecular flexibility index (Phi) is 6.61. The minimum Gasteiger partial charge on any atom is -0.433 e. The summed E-state index contributed by atoms with van der Waals surface area (Å²) in [6.45, 7) is -1.16. The monoisotopic (exact) mass is 362 g/mol. The molecule has 0 spiro atoms. The van der Waals surface area contributed by atoms with Gasteiger partial charge in [0.2, 0.25) is 10.0 Å². The van der Waals surface area contributed by atoms with Crippen LogP contribution in [-0.2, 0) is 10.0 Å². The van der Waals surface area contributed by atoms with Gasteiger partial charge in [-0.2, -0.15) is 13.1 Å². The van der Waals surface area contributed by atoms with Crippen molar-refractivity contribution in [2.45, 2.75) is 11.5 Å². The van der Waals surface area contributed by atoms with Crippen LogP contribution in [-0.4, -0.2) is 45.5 Å². The van der Waals surface area contributed by atoms with Crippen molar-refractivity contribution in [1.82, 2.24) is 9.62 Å². The molecule has 21 heavy (non-hydrogen) atoms. The van der Waals surface area contributed by atoms with Crippen LogP contribution in [0.3, 0.4) is 0 Å². The summed E-state index contributed by atoms with van der Waals surface area (Å²) in [7, 11) is -3.66. The molecule has 0 aromatic heterocycles. The maximum absolute atomic E-state index is 12.3. The Morgan fingerprint density at radius 3 is 2.43 bits per heavy atom. The molecule has 10 heteroatoms. The van der Waals surface area contributed by atoms with E-state index < -0.39 is 16.6 Å². The predicted molar refractivity (Wildman–Crippen MR) is 77.0 cm³/mol. The topological polar surface area (TPSA) is 58.6 Å². The number of piperazine rings is 1. The van der Waals surface area contributed by atoms with Crippen molar-refractivity contribution in [3.05, 3.63) is 23.2 Å². The molecule has 0 atom stereocenters. The highest BCUT2D eigenvalue weighted by molar-refractivity contribution is 7.89. The minimum absolute atomic E-state index is 0. The van der Waals surface area contributed by atoms with E-state index in [1.807, 2.05) is 0 Å². The lowest BCUT2D eigenvalue weighted by atomic mass is 10.3. The van der Waals surface area contributed by atoms with Gasteiger partial charge < -0.3 is 10.1 Å². The zero-order chi connectivity index (χ0) is 14.8. The lowest BCUT2D eigenvalue weighted by molar-refractivity contribution is -0.0498. The van der Waals surface area contributed by atoms with Gasteiger partial charge in [-0.15, -0.1) is 12.4 Å². The van der Waals surface area contributed by atoms with E-state index in [2.05, 4.69) is 10.1 Å². The van der Waals surface area contributed by atoms with E-state index in [0.717, 1.165) is 12.1 Å². The molecule has 1 aromatic rings. The van der Waals surface area contributed by atoms with Gasteiger partial charge in [-0.25, -0.2) is 8.42 Å². The maximum Gasteiger partial charge on any atom is 0.387 e. The van der Waals surface area contributed by atoms with E-state index in [1.165, 1.54) is 10.4 Å². The number of benzene rings is 1. The first-order chi connectivity index (χ1) is 9.41. The number of hydrogen-bond donors (Lipinski definition) is 1. The zero-order valence-corrected chi connectivity index (χ0v) is 13.1. The summed E-state index contributed by atoms with van der Waals surface area (Å²) in [6, 6.07) is 3.46. The van der Waals surface area contributed by atoms with Crippen LogP contribution in [0.1, 0.15) is 0 Å². The lowest BCUT2D eigenvalue weighted by Gasteiger charge is -2.26. The number of hydrogen-bond acceptors (Lipinski definition) is 4. The average Bonchev–Trinajstić information content (AvgIpc) is 2.41. The van der Waals surface area contributed by atoms with Crippen molar-refractivity contribution in [2.24, 2.45) is 0 Å². The van der Waals surface area contributed by atoms with Crippen molar-refractivity contribution < 1.29 is 21.9 Å². The van der Waals surface area contributed by atoms with Gasteiger partial charge in [-0.1, -0.05) is 11.6 Å². The van der Waals surface area contributed by atoms with E-state index >= 15 is 0 Å². The van der Waals surface area contributed by atoms with E-state index in [-0.39, 0.29) is 28.1 Å². The Morgan fingerprint density at radius 1 is 1.29 bits per heavy atom. The fraction of sp³-hybridized carbons (Fsp3) is 0.455. The molecule has 0 unspecified atom stereocenters. The van der Waals surface area contributed by atoms with Crippen molar-refractivity contribution in [2.75, 3.05) is 26.2 Å². The van der Waals surface area contributed by atoms with Gasteiger partial charge in [0.15, 0.2) is 0 Å². The summed E-state index contributed by atoms with van der Waals surface area (Å²) in [5.41, 5.74) is 0. The Bertz CT molecular complexity index is 581. The molecule has 0 amide bonds. The lowest BCUT2D eigenvalue weighted by Crippen LogP contribution is -2.46. The van der Waals surface area contributed by atoms with Crippen molar-refractivity contribution in [3.63, 3.8) is 0 Å². The molecular weight excluding hydrogens is 349 g/mol. The average molecular weight is 363 g/mol. The summed E-state index contributed by atoms with van der Waals surface area (Å²) in [5.74, 6) is -0.249. The third-order valence-corrected chi connectivity index (χ3v) is 5.02. The number of alkyl halides is 2. The molecule has 0 radical (unpaired) electrons. The Hall–Kier alpha value is -0.670. The second-order valence-electron chi connectivity index (χ2n) is 4.12. The van der Waals surface area contributed by atoms with E-state index in [1.54, 1.807) is 0 Å². The van der Waals surface area contributed by atoms with Crippen LogP contribution in [0, 0.1) is 0 Å². The normalized spacial score (nSPS) is 16.6. The molecule has 1 fully saturated rings. The van der Waals surface area contributed by atoms with Gasteiger partial charge >= 0.3 is 6.61 Å². The minimum atomic E-state index is -3.66. The molecule has 1 aromatic carbocycles. The first kappa shape index (κ1) is 18.4. The molecule has 2 rings (SSSR count). The number of nitrogens with zero attached hydrogens (tertiary/aromatic N) is 1. The second kappa shape index (κ2) is 7.55. The fourth-order valence-electron chi connectivity index (χ4n) is 1.87. The van der Waals surface area contributed by atoms with Gasteiger partial charge in [0, 0.05) is 26.2 Å². The van der Waals surface area contributed by atoms with Gasteiger partial charge in [0.1, 0.15) is 5.75 Å². The third-order valence-electron chi connectivity index (χ3n) is 2.83. The molecule has 0 bridgehead atoms. The number of rotatable bonds is 4. The van der Waals surface area contributed by atoms with Gasteiger partial charge in [-0.3, -0.25) is 0 Å². The van der Waals surface area contributed by atoms with E-state index in [9.17, 15) is 17.2 Å². The van der Waals surface area contributed by atoms with E-state index in [4.69, 9.17) is 11.6 Å². The van der Waals surface area contributed by atoms with Crippen LogP contribution in [0.2, 0.25) is 5.02 Å². The van der Waals surface area contributed by atoms with Crippen LogP contribution in [0.15, 0.2) is 23.1 Å². The zero-order valence-electron chi connectivity index (χ0n) is 10.8. The molecule has 1 heterocycles. The molecule has 1 N–H and O–H groups in total. The van der Waals surface area contributed by atoms with Gasteiger partial charge in [-0.05, 0) is 18.2 Å². The molecule has 5 nitrogen and oxygen atoms in total. The summed E-state index contributed by atoms with van der Waals surface area (Å²) < 4.78 is 54.4. The van der Waals surface area contributed by atoms with Crippen LogP contribution >= 0.6 is 24.0 Å². The molecular formula is C11H14Cl2F2N2O3S. The van der Waals surface area contributed by atoms with Gasteiger partial charge in [0.05, 0.1) is 9.92 Å². The highest BCUT2D eigenvalue weighted by Crippen LogP contribution is 2.29. The molecule has 1 saturated heterocycles. The highest BCUT2D eigenvalue weighted by atomic mass is 35.5. The summed E-state index contributed by atoms with van der Waals surface area (Å²) in [5, 5.41) is 2.88. The SMILES string of the molecule is Cl.O=S(=O)(c1ccc(OC(F)F)c(Cl)c1)N1CCNCC1. The molecule has 0 saturated carbocycles. The van der Waals surface area contributed by atoms with Gasteiger partial charge in [0.25, 0.3) is 0 Å². The Morgan fingerprint density at radius 2 is 1.90 bits per heavy atom. The number of ether oxygens (including phenoxy) is 1. The second-order valence-corrected chi connectivity index (χ2v) is 6.47. The first-order valence-electron chi connectivity index (χ1n) is 5.86. The maximum atomic E-state index is 12.3. The number of halogens is 4. The van der Waals surface area contributed by atoms with Crippen LogP contribution in [0.5, 0.6) is 5.75 Å². The van der Waals surface area contributed by atoms with Crippen LogP contribution in [0.4, 0.5) is 8.78 Å². The number of sulfonamides is 1. The first-order valence-corrected chi connectivity index (χ1v) is 7.68. The Balaban J connectivity index is 0.00000220. The Labute approximate surface area is 132 Å². The summed E-state index contributed by atoms with van der Waals surface area (Å²) in [4.78, 5) is -0.0361. The number of nitrogens with one attached hydrogen (secondary N) is 1. The van der Waals surface area contributed by atoms with Crippen molar-refractivity contribution >= 4 is 34.0 Å². The van der Waals surface area contributed by atoms with Crippen LogP contribution < -0.4 is 10.1 Å². The highest BCUT2D eigenvalue weighted by Gasteiger charge is 2.26. The standard InChI is InChI=1S/C11H13ClF2N2O3S.ClH/c12-9-7-8(1-2-10(9)19-11(13)14)20(17,18)16-5-3-15-4-6-16;/h1-2,7,11,15H,3-6H2;1H. The molecule has 120 valence electrons. The van der Waals surface area contributed by atoms with Crippen LogP contribution in [0.25, 0.3) is 0 Å². The molecule has 0 aliphatic carbocycles.